The molecule has 1 aliphatic rings. The van der Waals surface area contributed by atoms with Crippen molar-refractivity contribution in [3.63, 3.8) is 0 Å². The summed E-state index contributed by atoms with van der Waals surface area (Å²) < 4.78 is 5.08. The van der Waals surface area contributed by atoms with Crippen LogP contribution in [-0.2, 0) is 5.41 Å². The summed E-state index contributed by atoms with van der Waals surface area (Å²) in [6.45, 7) is 4.07. The van der Waals surface area contributed by atoms with Crippen molar-refractivity contribution in [2.45, 2.75) is 25.2 Å². The van der Waals surface area contributed by atoms with Crippen LogP contribution in [0.2, 0.25) is 0 Å². The van der Waals surface area contributed by atoms with Gasteiger partial charge in [-0.15, -0.1) is 0 Å². The van der Waals surface area contributed by atoms with Gasteiger partial charge in [-0.3, -0.25) is 0 Å². The Bertz CT molecular complexity index is 290. The molecular formula is C8H14N4O. The van der Waals surface area contributed by atoms with Gasteiger partial charge in [-0.05, 0) is 31.5 Å². The Balaban J connectivity index is 2.22. The van der Waals surface area contributed by atoms with Crippen LogP contribution < -0.4 is 11.1 Å². The maximum Gasteiger partial charge on any atom is 0.260 e. The zero-order valence-electron chi connectivity index (χ0n) is 7.71. The molecule has 13 heavy (non-hydrogen) atoms. The Hall–Kier alpha value is -1.10. The molecule has 5 nitrogen and oxygen atoms in total. The van der Waals surface area contributed by atoms with Gasteiger partial charge < -0.3 is 15.6 Å². The first-order chi connectivity index (χ1) is 6.21. The van der Waals surface area contributed by atoms with Crippen molar-refractivity contribution < 1.29 is 4.52 Å². The number of rotatable bonds is 1. The highest BCUT2D eigenvalue weighted by Crippen LogP contribution is 2.29. The second kappa shape index (κ2) is 2.99. The van der Waals surface area contributed by atoms with E-state index in [9.17, 15) is 0 Å². The maximum absolute atomic E-state index is 5.41. The van der Waals surface area contributed by atoms with E-state index in [0.717, 1.165) is 25.9 Å². The van der Waals surface area contributed by atoms with Crippen molar-refractivity contribution in [1.29, 1.82) is 0 Å². The third kappa shape index (κ3) is 1.51. The monoisotopic (exact) mass is 182 g/mol. The molecule has 3 N–H and O–H groups in total. The van der Waals surface area contributed by atoms with E-state index in [1.165, 1.54) is 0 Å². The number of hydrogen-bond acceptors (Lipinski definition) is 5. The second-order valence-electron chi connectivity index (χ2n) is 3.80. The van der Waals surface area contributed by atoms with Crippen LogP contribution in [0, 0.1) is 0 Å². The molecule has 0 radical (unpaired) electrons. The fourth-order valence-electron chi connectivity index (χ4n) is 1.72. The molecule has 0 amide bonds. The van der Waals surface area contributed by atoms with Crippen LogP contribution in [-0.4, -0.2) is 23.2 Å². The SMILES string of the molecule is CC1(c2nc(N)no2)CCCNC1. The molecule has 1 fully saturated rings. The van der Waals surface area contributed by atoms with Crippen LogP contribution >= 0.6 is 0 Å². The zero-order valence-corrected chi connectivity index (χ0v) is 7.71. The van der Waals surface area contributed by atoms with E-state index >= 15 is 0 Å². The summed E-state index contributed by atoms with van der Waals surface area (Å²) in [5.74, 6) is 0.874. The maximum atomic E-state index is 5.41. The summed E-state index contributed by atoms with van der Waals surface area (Å²) in [4.78, 5) is 4.07. The predicted octanol–water partition coefficient (Wildman–Crippen LogP) is 0.293. The van der Waals surface area contributed by atoms with Crippen LogP contribution in [0.3, 0.4) is 0 Å². The molecule has 1 saturated heterocycles. The number of aromatic nitrogens is 2. The van der Waals surface area contributed by atoms with E-state index in [1.54, 1.807) is 0 Å². The van der Waals surface area contributed by atoms with Gasteiger partial charge in [-0.25, -0.2) is 0 Å². The van der Waals surface area contributed by atoms with Gasteiger partial charge in [0.05, 0.1) is 5.41 Å². The lowest BCUT2D eigenvalue weighted by Crippen LogP contribution is -2.41. The molecule has 1 atom stereocenters. The Labute approximate surface area is 76.7 Å². The predicted molar refractivity (Wildman–Crippen MR) is 48.2 cm³/mol. The summed E-state index contributed by atoms with van der Waals surface area (Å²) in [6, 6.07) is 0. The number of nitrogen functional groups attached to an aromatic ring is 1. The Morgan fingerprint density at radius 1 is 1.62 bits per heavy atom. The fourth-order valence-corrected chi connectivity index (χ4v) is 1.72. The van der Waals surface area contributed by atoms with Crippen LogP contribution in [0.25, 0.3) is 0 Å². The van der Waals surface area contributed by atoms with Gasteiger partial charge in [0, 0.05) is 6.54 Å². The Morgan fingerprint density at radius 3 is 3.00 bits per heavy atom. The third-order valence-corrected chi connectivity index (χ3v) is 2.56. The van der Waals surface area contributed by atoms with Gasteiger partial charge >= 0.3 is 0 Å². The van der Waals surface area contributed by atoms with Crippen LogP contribution in [0.1, 0.15) is 25.7 Å². The van der Waals surface area contributed by atoms with Crippen LogP contribution in [0.15, 0.2) is 4.52 Å². The highest BCUT2D eigenvalue weighted by molar-refractivity contribution is 5.15. The minimum Gasteiger partial charge on any atom is -0.365 e. The molecule has 0 bridgehead atoms. The average molecular weight is 182 g/mol. The summed E-state index contributed by atoms with van der Waals surface area (Å²) in [5.41, 5.74) is 5.37. The van der Waals surface area contributed by atoms with Crippen molar-refractivity contribution in [2.24, 2.45) is 0 Å². The standard InChI is InChI=1S/C8H14N4O/c1-8(3-2-4-10-5-8)6-11-7(9)12-13-6/h10H,2-5H2,1H3,(H2,9,12). The van der Waals surface area contributed by atoms with E-state index in [0.29, 0.717) is 5.89 Å². The van der Waals surface area contributed by atoms with Crippen LogP contribution in [0.5, 0.6) is 0 Å². The molecule has 0 saturated carbocycles. The van der Waals surface area contributed by atoms with E-state index in [-0.39, 0.29) is 11.4 Å². The Kier molecular flexibility index (Phi) is 1.95. The van der Waals surface area contributed by atoms with Crippen molar-refractivity contribution in [3.8, 4) is 0 Å². The second-order valence-corrected chi connectivity index (χ2v) is 3.80. The molecule has 1 unspecified atom stereocenters. The summed E-state index contributed by atoms with van der Waals surface area (Å²) in [6.07, 6.45) is 2.21. The molecule has 2 rings (SSSR count). The quantitative estimate of drug-likeness (QED) is 0.653. The van der Waals surface area contributed by atoms with E-state index in [1.807, 2.05) is 0 Å². The molecule has 0 aliphatic carbocycles. The summed E-state index contributed by atoms with van der Waals surface area (Å²) in [7, 11) is 0. The normalized spacial score (nSPS) is 29.0. The molecular weight excluding hydrogens is 168 g/mol. The fraction of sp³-hybridized carbons (Fsp3) is 0.750. The van der Waals surface area contributed by atoms with Gasteiger partial charge in [0.25, 0.3) is 5.95 Å². The van der Waals surface area contributed by atoms with Crippen LogP contribution in [0.4, 0.5) is 5.95 Å². The number of anilines is 1. The molecule has 1 aromatic heterocycles. The third-order valence-electron chi connectivity index (χ3n) is 2.56. The zero-order chi connectivity index (χ0) is 9.31. The van der Waals surface area contributed by atoms with Gasteiger partial charge in [0.15, 0.2) is 0 Å². The number of nitrogens with two attached hydrogens (primary N) is 1. The number of piperidine rings is 1. The number of hydrogen-bond donors (Lipinski definition) is 2. The van der Waals surface area contributed by atoms with Crippen molar-refractivity contribution in [1.82, 2.24) is 15.5 Å². The van der Waals surface area contributed by atoms with Gasteiger partial charge in [-0.1, -0.05) is 0 Å². The van der Waals surface area contributed by atoms with Gasteiger partial charge in [0.1, 0.15) is 0 Å². The average Bonchev–Trinajstić information content (AvgIpc) is 2.54. The molecule has 0 aromatic carbocycles. The van der Waals surface area contributed by atoms with E-state index in [2.05, 4.69) is 22.4 Å². The lowest BCUT2D eigenvalue weighted by atomic mass is 9.83. The van der Waals surface area contributed by atoms with E-state index in [4.69, 9.17) is 10.3 Å². The van der Waals surface area contributed by atoms with Crippen molar-refractivity contribution in [2.75, 3.05) is 18.8 Å². The number of nitrogens with one attached hydrogen (secondary N) is 1. The Morgan fingerprint density at radius 2 is 2.46 bits per heavy atom. The lowest BCUT2D eigenvalue weighted by Gasteiger charge is -2.30. The first kappa shape index (κ1) is 8.50. The highest BCUT2D eigenvalue weighted by atomic mass is 16.5. The summed E-state index contributed by atoms with van der Waals surface area (Å²) >= 11 is 0. The minimum absolute atomic E-state index is 0.0388. The lowest BCUT2D eigenvalue weighted by molar-refractivity contribution is 0.245. The molecule has 1 aliphatic heterocycles. The van der Waals surface area contributed by atoms with Crippen molar-refractivity contribution in [3.05, 3.63) is 5.89 Å². The van der Waals surface area contributed by atoms with Gasteiger partial charge in [-0.2, -0.15) is 4.98 Å². The topological polar surface area (TPSA) is 77.0 Å². The smallest absolute Gasteiger partial charge is 0.260 e. The molecule has 0 spiro atoms. The number of nitrogens with zero attached hydrogens (tertiary/aromatic N) is 2. The van der Waals surface area contributed by atoms with Gasteiger partial charge in [0.2, 0.25) is 5.89 Å². The highest BCUT2D eigenvalue weighted by Gasteiger charge is 2.34. The first-order valence-corrected chi connectivity index (χ1v) is 4.51. The molecule has 72 valence electrons. The molecule has 5 heteroatoms. The largest absolute Gasteiger partial charge is 0.365 e. The van der Waals surface area contributed by atoms with Crippen molar-refractivity contribution >= 4 is 5.95 Å². The minimum atomic E-state index is -0.0388. The molecule has 1 aromatic rings. The molecule has 2 heterocycles. The summed E-state index contributed by atoms with van der Waals surface area (Å²) in [5, 5.41) is 6.92. The van der Waals surface area contributed by atoms with E-state index < -0.39 is 0 Å². The first-order valence-electron chi connectivity index (χ1n) is 4.51.